The SMILES string of the molecule is C=C(COCc1ccccc1)[C@H]1CCCC(O[Si](CC)(CC)CC)=C1CCCC. The second kappa shape index (κ2) is 12.4. The Bertz CT molecular complexity index is 638. The van der Waals surface area contributed by atoms with Crippen molar-refractivity contribution in [2.45, 2.75) is 91.0 Å². The Morgan fingerprint density at radius 2 is 1.76 bits per heavy atom. The van der Waals surface area contributed by atoms with Gasteiger partial charge >= 0.3 is 0 Å². The minimum atomic E-state index is -1.64. The molecule has 3 heteroatoms. The van der Waals surface area contributed by atoms with Crippen LogP contribution in [0.3, 0.4) is 0 Å². The molecule has 1 atom stereocenters. The van der Waals surface area contributed by atoms with Crippen LogP contribution in [0.15, 0.2) is 53.8 Å². The molecular weight excluding hydrogens is 372 g/mol. The van der Waals surface area contributed by atoms with Crippen LogP contribution >= 0.6 is 0 Å². The molecule has 0 saturated carbocycles. The maximum atomic E-state index is 6.93. The van der Waals surface area contributed by atoms with Crippen LogP contribution in [0, 0.1) is 5.92 Å². The van der Waals surface area contributed by atoms with Crippen LogP contribution in [-0.2, 0) is 15.8 Å². The molecule has 0 fully saturated rings. The van der Waals surface area contributed by atoms with Crippen LogP contribution in [-0.4, -0.2) is 14.9 Å². The summed E-state index contributed by atoms with van der Waals surface area (Å²) in [5.41, 5.74) is 3.99. The number of ether oxygens (including phenoxy) is 1. The van der Waals surface area contributed by atoms with Crippen molar-refractivity contribution in [2.75, 3.05) is 6.61 Å². The van der Waals surface area contributed by atoms with Crippen LogP contribution in [0.5, 0.6) is 0 Å². The second-order valence-corrected chi connectivity index (χ2v) is 13.2. The molecule has 162 valence electrons. The molecule has 1 aliphatic rings. The molecule has 0 aliphatic heterocycles. The molecule has 0 radical (unpaired) electrons. The van der Waals surface area contributed by atoms with E-state index in [1.165, 1.54) is 60.7 Å². The molecule has 0 heterocycles. The van der Waals surface area contributed by atoms with Gasteiger partial charge in [0.05, 0.1) is 19.0 Å². The summed E-state index contributed by atoms with van der Waals surface area (Å²) in [5, 5.41) is 0. The summed E-state index contributed by atoms with van der Waals surface area (Å²) < 4.78 is 13.0. The van der Waals surface area contributed by atoms with Crippen molar-refractivity contribution in [1.29, 1.82) is 0 Å². The van der Waals surface area contributed by atoms with E-state index in [2.05, 4.69) is 58.5 Å². The number of rotatable bonds is 13. The Morgan fingerprint density at radius 3 is 2.38 bits per heavy atom. The summed E-state index contributed by atoms with van der Waals surface area (Å²) in [6.45, 7) is 15.0. The smallest absolute Gasteiger partial charge is 0.250 e. The van der Waals surface area contributed by atoms with E-state index in [1.807, 2.05) is 6.07 Å². The van der Waals surface area contributed by atoms with E-state index >= 15 is 0 Å². The average molecular weight is 415 g/mol. The minimum absolute atomic E-state index is 0.429. The normalized spacial score (nSPS) is 17.4. The molecule has 0 aromatic heterocycles. The van der Waals surface area contributed by atoms with Crippen LogP contribution in [0.2, 0.25) is 18.1 Å². The Morgan fingerprint density at radius 1 is 1.07 bits per heavy atom. The van der Waals surface area contributed by atoms with Crippen LogP contribution in [0.4, 0.5) is 0 Å². The van der Waals surface area contributed by atoms with Crippen molar-refractivity contribution in [3.05, 3.63) is 59.4 Å². The van der Waals surface area contributed by atoms with Crippen LogP contribution in [0.25, 0.3) is 0 Å². The van der Waals surface area contributed by atoms with Crippen molar-refractivity contribution >= 4 is 8.32 Å². The third kappa shape index (κ3) is 6.86. The van der Waals surface area contributed by atoms with E-state index in [0.717, 1.165) is 12.8 Å². The lowest BCUT2D eigenvalue weighted by atomic mass is 9.80. The van der Waals surface area contributed by atoms with Crippen molar-refractivity contribution in [1.82, 2.24) is 0 Å². The van der Waals surface area contributed by atoms with Gasteiger partial charge in [-0.25, -0.2) is 0 Å². The first-order chi connectivity index (χ1) is 14.1. The zero-order chi connectivity index (χ0) is 21.1. The zero-order valence-electron chi connectivity index (χ0n) is 19.3. The van der Waals surface area contributed by atoms with Gasteiger partial charge in [0.2, 0.25) is 8.32 Å². The number of unbranched alkanes of at least 4 members (excludes halogenated alkanes) is 1. The lowest BCUT2D eigenvalue weighted by molar-refractivity contribution is 0.136. The largest absolute Gasteiger partial charge is 0.547 e. The molecule has 1 aromatic carbocycles. The van der Waals surface area contributed by atoms with E-state index in [-0.39, 0.29) is 0 Å². The van der Waals surface area contributed by atoms with E-state index in [0.29, 0.717) is 19.1 Å². The van der Waals surface area contributed by atoms with Crippen LogP contribution < -0.4 is 0 Å². The summed E-state index contributed by atoms with van der Waals surface area (Å²) >= 11 is 0. The summed E-state index contributed by atoms with van der Waals surface area (Å²) in [4.78, 5) is 0. The fourth-order valence-electron chi connectivity index (χ4n) is 4.45. The highest BCUT2D eigenvalue weighted by Gasteiger charge is 2.34. The molecular formula is C26H42O2Si. The average Bonchev–Trinajstić information content (AvgIpc) is 2.77. The number of hydrogen-bond donors (Lipinski definition) is 0. The van der Waals surface area contributed by atoms with Gasteiger partial charge in [-0.15, -0.1) is 0 Å². The molecule has 1 aliphatic carbocycles. The van der Waals surface area contributed by atoms with Crippen molar-refractivity contribution < 1.29 is 9.16 Å². The predicted molar refractivity (Wildman–Crippen MR) is 127 cm³/mol. The number of allylic oxidation sites excluding steroid dienone is 2. The third-order valence-electron chi connectivity index (χ3n) is 6.64. The summed E-state index contributed by atoms with van der Waals surface area (Å²) in [6.07, 6.45) is 7.11. The molecule has 0 saturated heterocycles. The summed E-state index contributed by atoms with van der Waals surface area (Å²) in [7, 11) is -1.64. The number of benzene rings is 1. The molecule has 0 unspecified atom stereocenters. The summed E-state index contributed by atoms with van der Waals surface area (Å²) in [6, 6.07) is 14.0. The minimum Gasteiger partial charge on any atom is -0.547 e. The second-order valence-electron chi connectivity index (χ2n) is 8.48. The predicted octanol–water partition coefficient (Wildman–Crippen LogP) is 8.03. The van der Waals surface area contributed by atoms with Gasteiger partial charge in [-0.3, -0.25) is 0 Å². The quantitative estimate of drug-likeness (QED) is 0.240. The first-order valence-electron chi connectivity index (χ1n) is 11.8. The standard InChI is InChI=1S/C26H42O2Si/c1-6-10-17-25-24(22(5)20-27-21-23-15-12-11-13-16-23)18-14-19-26(25)28-29(7-2,8-3)9-4/h11-13,15-16,24H,5-10,14,17-21H2,1-4H3/t24-/m1/s1. The summed E-state index contributed by atoms with van der Waals surface area (Å²) in [5.74, 6) is 1.76. The highest BCUT2D eigenvalue weighted by molar-refractivity contribution is 6.73. The fourth-order valence-corrected chi connectivity index (χ4v) is 7.14. The molecule has 29 heavy (non-hydrogen) atoms. The van der Waals surface area contributed by atoms with Crippen molar-refractivity contribution in [2.24, 2.45) is 5.92 Å². The lowest BCUT2D eigenvalue weighted by Crippen LogP contribution is -2.36. The highest BCUT2D eigenvalue weighted by Crippen LogP contribution is 2.40. The van der Waals surface area contributed by atoms with Gasteiger partial charge < -0.3 is 9.16 Å². The first-order valence-corrected chi connectivity index (χ1v) is 14.3. The van der Waals surface area contributed by atoms with E-state index in [4.69, 9.17) is 9.16 Å². The Hall–Kier alpha value is -1.32. The van der Waals surface area contributed by atoms with Crippen molar-refractivity contribution in [3.63, 3.8) is 0 Å². The molecule has 0 spiro atoms. The van der Waals surface area contributed by atoms with Gasteiger partial charge in [0, 0.05) is 12.3 Å². The van der Waals surface area contributed by atoms with Gasteiger partial charge in [-0.2, -0.15) is 0 Å². The first kappa shape index (κ1) is 24.0. The van der Waals surface area contributed by atoms with Crippen molar-refractivity contribution in [3.8, 4) is 0 Å². The fraction of sp³-hybridized carbons (Fsp3) is 0.615. The molecule has 2 rings (SSSR count). The topological polar surface area (TPSA) is 18.5 Å². The number of hydrogen-bond acceptors (Lipinski definition) is 2. The Balaban J connectivity index is 2.11. The lowest BCUT2D eigenvalue weighted by Gasteiger charge is -2.36. The van der Waals surface area contributed by atoms with Gasteiger partial charge in [0.1, 0.15) is 0 Å². The van der Waals surface area contributed by atoms with Gasteiger partial charge in [0.15, 0.2) is 0 Å². The van der Waals surface area contributed by atoms with E-state index in [1.54, 1.807) is 5.57 Å². The maximum absolute atomic E-state index is 6.93. The Labute approximate surface area is 180 Å². The molecule has 0 bridgehead atoms. The highest BCUT2D eigenvalue weighted by atomic mass is 28.4. The van der Waals surface area contributed by atoms with E-state index < -0.39 is 8.32 Å². The van der Waals surface area contributed by atoms with E-state index in [9.17, 15) is 0 Å². The van der Waals surface area contributed by atoms with Crippen LogP contribution in [0.1, 0.15) is 71.8 Å². The van der Waals surface area contributed by atoms with Gasteiger partial charge in [-0.1, -0.05) is 71.0 Å². The third-order valence-corrected chi connectivity index (χ3v) is 11.2. The van der Waals surface area contributed by atoms with Gasteiger partial charge in [0.25, 0.3) is 0 Å². The monoisotopic (exact) mass is 414 g/mol. The van der Waals surface area contributed by atoms with Gasteiger partial charge in [-0.05, 0) is 60.5 Å². The zero-order valence-corrected chi connectivity index (χ0v) is 20.3. The Kier molecular flexibility index (Phi) is 10.2. The molecule has 0 N–H and O–H groups in total. The molecule has 0 amide bonds. The molecule has 2 nitrogen and oxygen atoms in total. The maximum Gasteiger partial charge on any atom is 0.250 e. The molecule has 1 aromatic rings.